The van der Waals surface area contributed by atoms with Gasteiger partial charge in [-0.3, -0.25) is 0 Å². The molecule has 2 nitrogen and oxygen atoms in total. The molecule has 0 saturated heterocycles. The third-order valence-electron chi connectivity index (χ3n) is 1.71. The highest BCUT2D eigenvalue weighted by Crippen LogP contribution is 2.09. The normalized spacial score (nSPS) is 11.7. The highest BCUT2D eigenvalue weighted by molar-refractivity contribution is 7.82. The van der Waals surface area contributed by atoms with E-state index in [1.807, 2.05) is 18.2 Å². The summed E-state index contributed by atoms with van der Waals surface area (Å²) in [5, 5.41) is 0. The second kappa shape index (κ2) is 6.03. The molecule has 0 aliphatic carbocycles. The Labute approximate surface area is 92.9 Å². The van der Waals surface area contributed by atoms with Crippen LogP contribution in [0.25, 0.3) is 0 Å². The van der Waals surface area contributed by atoms with Crippen molar-refractivity contribution in [2.24, 2.45) is 0 Å². The van der Waals surface area contributed by atoms with Gasteiger partial charge in [0.25, 0.3) is 0 Å². The maximum Gasteiger partial charge on any atom is 0.129 e. The molecule has 15 heavy (non-hydrogen) atoms. The Hall–Kier alpha value is -1.55. The monoisotopic (exact) mass is 217 g/mol. The van der Waals surface area contributed by atoms with Gasteiger partial charge in [-0.15, -0.1) is 12.8 Å². The summed E-state index contributed by atoms with van der Waals surface area (Å²) in [7, 11) is -1.27. The average Bonchev–Trinajstić information content (AvgIpc) is 2.29. The Morgan fingerprint density at radius 1 is 1.13 bits per heavy atom. The molecule has 1 aromatic carbocycles. The Balaban J connectivity index is 2.83. The molecule has 0 aromatic heterocycles. The third kappa shape index (κ3) is 3.25. The standard InChI is InChI=1S/C12H11NOS/c1-3-10-13(11-4-2)15(14)12-8-6-5-7-9-12/h1-2,5-9H,10-11H2. The Morgan fingerprint density at radius 3 is 2.13 bits per heavy atom. The van der Waals surface area contributed by atoms with Crippen molar-refractivity contribution in [1.29, 1.82) is 0 Å². The molecule has 1 aromatic rings. The maximum absolute atomic E-state index is 12.0. The SMILES string of the molecule is C#CCN(CC#C)S(=O)c1ccccc1. The first kappa shape index (κ1) is 11.5. The van der Waals surface area contributed by atoms with Gasteiger partial charge >= 0.3 is 0 Å². The molecule has 0 fully saturated rings. The molecule has 1 atom stereocenters. The van der Waals surface area contributed by atoms with E-state index in [2.05, 4.69) is 11.8 Å². The molecule has 0 aliphatic rings. The van der Waals surface area contributed by atoms with Crippen molar-refractivity contribution in [3.8, 4) is 24.7 Å². The van der Waals surface area contributed by atoms with Crippen LogP contribution in [0, 0.1) is 24.7 Å². The van der Waals surface area contributed by atoms with Crippen LogP contribution in [0.1, 0.15) is 0 Å². The first-order valence-electron chi connectivity index (χ1n) is 4.38. The van der Waals surface area contributed by atoms with Gasteiger partial charge in [-0.05, 0) is 12.1 Å². The molecule has 0 aliphatic heterocycles. The quantitative estimate of drug-likeness (QED) is 0.696. The molecule has 3 heteroatoms. The minimum atomic E-state index is -1.27. The fraction of sp³-hybridized carbons (Fsp3) is 0.167. The van der Waals surface area contributed by atoms with E-state index in [-0.39, 0.29) is 13.1 Å². The molecule has 0 spiro atoms. The largest absolute Gasteiger partial charge is 0.237 e. The summed E-state index contributed by atoms with van der Waals surface area (Å²) >= 11 is 0. The van der Waals surface area contributed by atoms with Crippen molar-refractivity contribution < 1.29 is 4.21 Å². The van der Waals surface area contributed by atoms with E-state index in [9.17, 15) is 4.21 Å². The molecule has 1 rings (SSSR count). The van der Waals surface area contributed by atoms with Crippen LogP contribution < -0.4 is 0 Å². The Kier molecular flexibility index (Phi) is 4.63. The number of terminal acetylenes is 2. The summed E-state index contributed by atoms with van der Waals surface area (Å²) in [5.74, 6) is 4.88. The topological polar surface area (TPSA) is 20.3 Å². The minimum Gasteiger partial charge on any atom is -0.237 e. The molecular weight excluding hydrogens is 206 g/mol. The minimum absolute atomic E-state index is 0.283. The smallest absolute Gasteiger partial charge is 0.129 e. The van der Waals surface area contributed by atoms with Crippen molar-refractivity contribution in [3.05, 3.63) is 30.3 Å². The van der Waals surface area contributed by atoms with Gasteiger partial charge in [0.2, 0.25) is 0 Å². The molecule has 0 N–H and O–H groups in total. The van der Waals surface area contributed by atoms with Crippen molar-refractivity contribution in [2.75, 3.05) is 13.1 Å². The third-order valence-corrected chi connectivity index (χ3v) is 3.12. The lowest BCUT2D eigenvalue weighted by atomic mass is 10.4. The molecule has 0 radical (unpaired) electrons. The van der Waals surface area contributed by atoms with Crippen molar-refractivity contribution >= 4 is 11.0 Å². The molecular formula is C12H11NOS. The highest BCUT2D eigenvalue weighted by Gasteiger charge is 2.12. The van der Waals surface area contributed by atoms with E-state index in [4.69, 9.17) is 12.8 Å². The van der Waals surface area contributed by atoms with Crippen LogP contribution in [0.3, 0.4) is 0 Å². The molecule has 0 saturated carbocycles. The lowest BCUT2D eigenvalue weighted by Crippen LogP contribution is -2.26. The Morgan fingerprint density at radius 2 is 1.67 bits per heavy atom. The molecule has 76 valence electrons. The van der Waals surface area contributed by atoms with Gasteiger partial charge in [0.1, 0.15) is 11.0 Å². The van der Waals surface area contributed by atoms with Crippen LogP contribution in [0.2, 0.25) is 0 Å². The van der Waals surface area contributed by atoms with Crippen molar-refractivity contribution in [2.45, 2.75) is 4.90 Å². The lowest BCUT2D eigenvalue weighted by molar-refractivity contribution is 0.543. The summed E-state index contributed by atoms with van der Waals surface area (Å²) < 4.78 is 13.5. The van der Waals surface area contributed by atoms with E-state index in [1.165, 1.54) is 0 Å². The fourth-order valence-corrected chi connectivity index (χ4v) is 2.13. The maximum atomic E-state index is 12.0. The second-order valence-electron chi connectivity index (χ2n) is 2.77. The van der Waals surface area contributed by atoms with Gasteiger partial charge in [0.05, 0.1) is 18.0 Å². The lowest BCUT2D eigenvalue weighted by Gasteiger charge is -2.15. The zero-order valence-corrected chi connectivity index (χ0v) is 9.04. The van der Waals surface area contributed by atoms with Gasteiger partial charge < -0.3 is 0 Å². The predicted octanol–water partition coefficient (Wildman–Crippen LogP) is 1.28. The summed E-state index contributed by atoms with van der Waals surface area (Å²) in [6.45, 7) is 0.567. The van der Waals surface area contributed by atoms with Crippen LogP contribution in [-0.2, 0) is 11.0 Å². The van der Waals surface area contributed by atoms with Crippen LogP contribution in [-0.4, -0.2) is 21.6 Å². The van der Waals surface area contributed by atoms with Gasteiger partial charge in [-0.2, -0.15) is 4.31 Å². The summed E-state index contributed by atoms with van der Waals surface area (Å²) in [6, 6.07) is 9.11. The average molecular weight is 217 g/mol. The van der Waals surface area contributed by atoms with Crippen LogP contribution in [0.4, 0.5) is 0 Å². The molecule has 1 unspecified atom stereocenters. The summed E-state index contributed by atoms with van der Waals surface area (Å²) in [6.07, 6.45) is 10.4. The zero-order valence-electron chi connectivity index (χ0n) is 8.22. The van der Waals surface area contributed by atoms with Gasteiger partial charge in [0, 0.05) is 0 Å². The number of hydrogen-bond donors (Lipinski definition) is 0. The van der Waals surface area contributed by atoms with Crippen molar-refractivity contribution in [3.63, 3.8) is 0 Å². The number of nitrogens with zero attached hydrogens (tertiary/aromatic N) is 1. The van der Waals surface area contributed by atoms with E-state index < -0.39 is 11.0 Å². The van der Waals surface area contributed by atoms with Gasteiger partial charge in [-0.25, -0.2) is 4.21 Å². The van der Waals surface area contributed by atoms with Crippen LogP contribution >= 0.6 is 0 Å². The van der Waals surface area contributed by atoms with Crippen LogP contribution in [0.15, 0.2) is 35.2 Å². The fourth-order valence-electron chi connectivity index (χ4n) is 1.06. The first-order valence-corrected chi connectivity index (χ1v) is 5.49. The van der Waals surface area contributed by atoms with Crippen LogP contribution in [0.5, 0.6) is 0 Å². The second-order valence-corrected chi connectivity index (χ2v) is 4.25. The predicted molar refractivity (Wildman–Crippen MR) is 62.1 cm³/mol. The summed E-state index contributed by atoms with van der Waals surface area (Å²) in [5.41, 5.74) is 0. The van der Waals surface area contributed by atoms with E-state index >= 15 is 0 Å². The van der Waals surface area contributed by atoms with E-state index in [1.54, 1.807) is 16.4 Å². The molecule has 0 heterocycles. The van der Waals surface area contributed by atoms with E-state index in [0.29, 0.717) is 4.90 Å². The summed E-state index contributed by atoms with van der Waals surface area (Å²) in [4.78, 5) is 0.711. The number of rotatable bonds is 4. The van der Waals surface area contributed by atoms with Gasteiger partial charge in [-0.1, -0.05) is 30.0 Å². The first-order chi connectivity index (χ1) is 7.29. The number of hydrogen-bond acceptors (Lipinski definition) is 1. The highest BCUT2D eigenvalue weighted by atomic mass is 32.2. The Bertz CT molecular complexity index is 397. The van der Waals surface area contributed by atoms with E-state index in [0.717, 1.165) is 0 Å². The zero-order chi connectivity index (χ0) is 11.1. The number of benzene rings is 1. The van der Waals surface area contributed by atoms with Gasteiger partial charge in [0.15, 0.2) is 0 Å². The molecule has 0 bridgehead atoms. The molecule has 0 amide bonds. The van der Waals surface area contributed by atoms with Crippen molar-refractivity contribution in [1.82, 2.24) is 4.31 Å².